The van der Waals surface area contributed by atoms with E-state index in [2.05, 4.69) is 22.1 Å². The first kappa shape index (κ1) is 20.7. The highest BCUT2D eigenvalue weighted by Crippen LogP contribution is 2.22. The molecule has 3 aromatic rings. The maximum Gasteiger partial charge on any atom is 0.319 e. The lowest BCUT2D eigenvalue weighted by molar-refractivity contribution is -0.136. The van der Waals surface area contributed by atoms with Crippen LogP contribution in [-0.2, 0) is 4.79 Å². The van der Waals surface area contributed by atoms with Gasteiger partial charge in [-0.2, -0.15) is 4.98 Å². The van der Waals surface area contributed by atoms with Crippen molar-refractivity contribution in [1.29, 1.82) is 0 Å². The van der Waals surface area contributed by atoms with Crippen molar-refractivity contribution in [3.63, 3.8) is 0 Å². The van der Waals surface area contributed by atoms with Crippen molar-refractivity contribution in [2.75, 3.05) is 26.8 Å². The van der Waals surface area contributed by atoms with Gasteiger partial charge in [-0.15, -0.1) is 0 Å². The Kier molecular flexibility index (Phi) is 6.62. The lowest BCUT2D eigenvalue weighted by atomic mass is 10.1. The van der Waals surface area contributed by atoms with Crippen molar-refractivity contribution in [3.8, 4) is 28.8 Å². The van der Waals surface area contributed by atoms with Crippen molar-refractivity contribution in [2.24, 2.45) is 0 Å². The fourth-order valence-corrected chi connectivity index (χ4v) is 3.53. The van der Waals surface area contributed by atoms with E-state index < -0.39 is 0 Å². The second kappa shape index (κ2) is 9.93. The average Bonchev–Trinajstić information content (AvgIpc) is 2.84. The fourth-order valence-electron chi connectivity index (χ4n) is 3.53. The van der Waals surface area contributed by atoms with E-state index >= 15 is 0 Å². The molecule has 1 amide bonds. The topological polar surface area (TPSA) is 73.8 Å². The Morgan fingerprint density at radius 2 is 1.84 bits per heavy atom. The predicted molar refractivity (Wildman–Crippen MR) is 116 cm³/mol. The molecule has 0 saturated carbocycles. The summed E-state index contributed by atoms with van der Waals surface area (Å²) in [4.78, 5) is 22.6. The van der Waals surface area contributed by atoms with Crippen LogP contribution in [0.25, 0.3) is 11.1 Å². The summed E-state index contributed by atoms with van der Waals surface area (Å²) in [5, 5.41) is 0. The molecule has 7 nitrogen and oxygen atoms in total. The van der Waals surface area contributed by atoms with Gasteiger partial charge in [-0.3, -0.25) is 4.79 Å². The monoisotopic (exact) mass is 419 g/mol. The summed E-state index contributed by atoms with van der Waals surface area (Å²) in [5.41, 5.74) is 2.25. The highest BCUT2D eigenvalue weighted by molar-refractivity contribution is 5.78. The molecule has 4 rings (SSSR count). The molecule has 0 N–H and O–H groups in total. The minimum Gasteiger partial charge on any atom is -0.484 e. The van der Waals surface area contributed by atoms with E-state index in [0.717, 1.165) is 24.0 Å². The second-order valence-electron chi connectivity index (χ2n) is 7.28. The molecule has 0 spiro atoms. The van der Waals surface area contributed by atoms with Crippen molar-refractivity contribution in [1.82, 2.24) is 14.9 Å². The predicted octanol–water partition coefficient (Wildman–Crippen LogP) is 3.60. The Morgan fingerprint density at radius 1 is 1.06 bits per heavy atom. The number of benzene rings is 2. The number of rotatable bonds is 7. The van der Waals surface area contributed by atoms with Gasteiger partial charge < -0.3 is 19.1 Å². The standard InChI is InChI=1S/C24H25N3O4/c1-29-24-25-14-13-22(26-24)31-21-8-5-15-27(16-21)23(28)17-30-20-11-9-19(10-12-20)18-6-3-2-4-7-18/h2-4,6-7,9-14,21H,5,8,15-17H2,1H3. The number of carbonyl (C=O) groups is 1. The number of piperidine rings is 1. The zero-order valence-corrected chi connectivity index (χ0v) is 17.4. The summed E-state index contributed by atoms with van der Waals surface area (Å²) in [6.07, 6.45) is 3.19. The van der Waals surface area contributed by atoms with Crippen LogP contribution >= 0.6 is 0 Å². The molecule has 0 aliphatic carbocycles. The largest absolute Gasteiger partial charge is 0.484 e. The van der Waals surface area contributed by atoms with E-state index in [1.165, 1.54) is 7.11 Å². The Bertz CT molecular complexity index is 995. The molecule has 0 bridgehead atoms. The van der Waals surface area contributed by atoms with E-state index in [0.29, 0.717) is 24.7 Å². The molecule has 160 valence electrons. The smallest absolute Gasteiger partial charge is 0.319 e. The second-order valence-corrected chi connectivity index (χ2v) is 7.28. The molecule has 1 atom stereocenters. The van der Waals surface area contributed by atoms with Crippen LogP contribution in [0, 0.1) is 0 Å². The number of ether oxygens (including phenoxy) is 3. The van der Waals surface area contributed by atoms with E-state index in [1.54, 1.807) is 17.2 Å². The van der Waals surface area contributed by atoms with Gasteiger partial charge in [-0.25, -0.2) is 4.98 Å². The number of amides is 1. The van der Waals surface area contributed by atoms with Gasteiger partial charge in [0.15, 0.2) is 6.61 Å². The Labute approximate surface area is 181 Å². The molecular weight excluding hydrogens is 394 g/mol. The molecule has 1 fully saturated rings. The van der Waals surface area contributed by atoms with Crippen molar-refractivity contribution in [2.45, 2.75) is 18.9 Å². The minimum atomic E-state index is -0.123. The molecule has 2 aromatic carbocycles. The minimum absolute atomic E-state index is 0.00126. The Balaban J connectivity index is 1.29. The van der Waals surface area contributed by atoms with Crippen LogP contribution in [0.1, 0.15) is 12.8 Å². The number of hydrogen-bond donors (Lipinski definition) is 0. The quantitative estimate of drug-likeness (QED) is 0.583. The van der Waals surface area contributed by atoms with Gasteiger partial charge in [0.1, 0.15) is 11.9 Å². The lowest BCUT2D eigenvalue weighted by Crippen LogP contribution is -2.46. The summed E-state index contributed by atoms with van der Waals surface area (Å²) < 4.78 is 16.7. The SMILES string of the molecule is COc1nccc(OC2CCCN(C(=O)COc3ccc(-c4ccccc4)cc3)C2)n1. The highest BCUT2D eigenvalue weighted by atomic mass is 16.5. The zero-order valence-electron chi connectivity index (χ0n) is 17.4. The number of carbonyl (C=O) groups excluding carboxylic acids is 1. The third kappa shape index (κ3) is 5.51. The fraction of sp³-hybridized carbons (Fsp3) is 0.292. The number of hydrogen-bond acceptors (Lipinski definition) is 6. The molecule has 7 heteroatoms. The molecule has 1 aliphatic rings. The van der Waals surface area contributed by atoms with Crippen LogP contribution in [-0.4, -0.2) is 53.7 Å². The maximum atomic E-state index is 12.7. The molecule has 0 radical (unpaired) electrons. The van der Waals surface area contributed by atoms with E-state index in [4.69, 9.17) is 14.2 Å². The van der Waals surface area contributed by atoms with Crippen LogP contribution in [0.4, 0.5) is 0 Å². The van der Waals surface area contributed by atoms with Gasteiger partial charge in [0.2, 0.25) is 5.88 Å². The first-order valence-electron chi connectivity index (χ1n) is 10.3. The van der Waals surface area contributed by atoms with Crippen molar-refractivity contribution in [3.05, 3.63) is 66.9 Å². The third-order valence-electron chi connectivity index (χ3n) is 5.13. The Morgan fingerprint density at radius 3 is 2.61 bits per heavy atom. The lowest BCUT2D eigenvalue weighted by Gasteiger charge is -2.32. The molecule has 1 saturated heterocycles. The first-order chi connectivity index (χ1) is 15.2. The zero-order chi connectivity index (χ0) is 21.5. The van der Waals surface area contributed by atoms with Crippen LogP contribution in [0.3, 0.4) is 0 Å². The van der Waals surface area contributed by atoms with Crippen LogP contribution in [0.5, 0.6) is 17.6 Å². The van der Waals surface area contributed by atoms with E-state index in [-0.39, 0.29) is 24.6 Å². The van der Waals surface area contributed by atoms with Gasteiger partial charge in [0.25, 0.3) is 5.91 Å². The van der Waals surface area contributed by atoms with E-state index in [1.807, 2.05) is 42.5 Å². The van der Waals surface area contributed by atoms with Gasteiger partial charge in [-0.1, -0.05) is 42.5 Å². The summed E-state index contributed by atoms with van der Waals surface area (Å²) in [5.74, 6) is 1.06. The van der Waals surface area contributed by atoms with Crippen molar-refractivity contribution < 1.29 is 19.0 Å². The Hall–Kier alpha value is -3.61. The summed E-state index contributed by atoms with van der Waals surface area (Å²) in [7, 11) is 1.51. The van der Waals surface area contributed by atoms with Crippen LogP contribution in [0.2, 0.25) is 0 Å². The maximum absolute atomic E-state index is 12.7. The molecule has 2 heterocycles. The first-order valence-corrected chi connectivity index (χ1v) is 10.3. The van der Waals surface area contributed by atoms with Crippen LogP contribution < -0.4 is 14.2 Å². The van der Waals surface area contributed by atoms with Gasteiger partial charge in [-0.05, 0) is 36.1 Å². The molecule has 1 unspecified atom stereocenters. The molecular formula is C24H25N3O4. The normalized spacial score (nSPS) is 15.9. The van der Waals surface area contributed by atoms with Gasteiger partial charge >= 0.3 is 6.01 Å². The number of likely N-dealkylation sites (tertiary alicyclic amines) is 1. The third-order valence-corrected chi connectivity index (χ3v) is 5.13. The summed E-state index contributed by atoms with van der Waals surface area (Å²) in [6.45, 7) is 1.20. The van der Waals surface area contributed by atoms with E-state index in [9.17, 15) is 4.79 Å². The van der Waals surface area contributed by atoms with Crippen LogP contribution in [0.15, 0.2) is 66.9 Å². The summed E-state index contributed by atoms with van der Waals surface area (Å²) in [6, 6.07) is 19.8. The summed E-state index contributed by atoms with van der Waals surface area (Å²) >= 11 is 0. The molecule has 31 heavy (non-hydrogen) atoms. The van der Waals surface area contributed by atoms with Gasteiger partial charge in [0, 0.05) is 18.8 Å². The number of nitrogens with zero attached hydrogens (tertiary/aromatic N) is 3. The highest BCUT2D eigenvalue weighted by Gasteiger charge is 2.25. The van der Waals surface area contributed by atoms with Crippen molar-refractivity contribution >= 4 is 5.91 Å². The number of methoxy groups -OCH3 is 1. The number of aromatic nitrogens is 2. The van der Waals surface area contributed by atoms with Gasteiger partial charge in [0.05, 0.1) is 13.7 Å². The molecule has 1 aromatic heterocycles. The molecule has 1 aliphatic heterocycles. The average molecular weight is 419 g/mol.